The third-order valence-electron chi connectivity index (χ3n) is 8.21. The summed E-state index contributed by atoms with van der Waals surface area (Å²) in [6.07, 6.45) is 7.37. The lowest BCUT2D eigenvalue weighted by molar-refractivity contribution is 1.37. The number of benzene rings is 4. The Morgan fingerprint density at radius 1 is 0.357 bits per heavy atom. The Hall–Kier alpha value is -5.81. The number of pyridine rings is 5. The minimum Gasteiger partial charge on any atom is -0.256 e. The van der Waals surface area contributed by atoms with Crippen LogP contribution in [0, 0.1) is 0 Å². The summed E-state index contributed by atoms with van der Waals surface area (Å²) in [4.78, 5) is 24.2. The second-order valence-electron chi connectivity index (χ2n) is 10.5. The Morgan fingerprint density at radius 3 is 1.81 bits per heavy atom. The molecule has 42 heavy (non-hydrogen) atoms. The molecule has 0 unspecified atom stereocenters. The lowest BCUT2D eigenvalue weighted by Crippen LogP contribution is -1.95. The lowest BCUT2D eigenvalue weighted by atomic mass is 9.89. The first kappa shape index (κ1) is 22.9. The molecule has 0 aliphatic carbocycles. The Labute approximate surface area is 240 Å². The van der Waals surface area contributed by atoms with Gasteiger partial charge in [-0.1, -0.05) is 66.7 Å². The molecule has 0 spiro atoms. The van der Waals surface area contributed by atoms with Crippen molar-refractivity contribution < 1.29 is 0 Å². The van der Waals surface area contributed by atoms with Crippen molar-refractivity contribution in [2.75, 3.05) is 0 Å². The molecule has 0 fully saturated rings. The highest BCUT2D eigenvalue weighted by Gasteiger charge is 2.19. The molecule has 0 bridgehead atoms. The van der Waals surface area contributed by atoms with Crippen molar-refractivity contribution in [2.24, 2.45) is 0 Å². The zero-order valence-corrected chi connectivity index (χ0v) is 22.4. The normalized spacial score (nSPS) is 11.8. The van der Waals surface area contributed by atoms with Crippen molar-refractivity contribution in [3.63, 3.8) is 0 Å². The van der Waals surface area contributed by atoms with Crippen LogP contribution in [-0.4, -0.2) is 24.9 Å². The van der Waals surface area contributed by atoms with E-state index >= 15 is 0 Å². The van der Waals surface area contributed by atoms with Gasteiger partial charge in [0.05, 0.1) is 33.1 Å². The van der Waals surface area contributed by atoms with Crippen molar-refractivity contribution >= 4 is 65.4 Å². The second kappa shape index (κ2) is 8.85. The van der Waals surface area contributed by atoms with Gasteiger partial charge in [-0.15, -0.1) is 0 Å². The fourth-order valence-corrected chi connectivity index (χ4v) is 6.39. The van der Waals surface area contributed by atoms with Gasteiger partial charge in [0.15, 0.2) is 0 Å². The molecule has 0 saturated heterocycles. The Bertz CT molecular complexity index is 2540. The zero-order chi connectivity index (χ0) is 27.6. The van der Waals surface area contributed by atoms with Crippen LogP contribution < -0.4 is 0 Å². The summed E-state index contributed by atoms with van der Waals surface area (Å²) in [7, 11) is 0. The van der Waals surface area contributed by atoms with Gasteiger partial charge in [-0.05, 0) is 47.5 Å². The molecule has 9 rings (SSSR count). The topological polar surface area (TPSA) is 64.5 Å². The standard InChI is InChI=1S/C37H21N5/c1-2-12-31-27(9-1)32(29-14-13-22-7-3-17-38-33(22)37(29)42-31)28-16-15-24(25-10-5-19-40-35(25)28)30-21-23-8-4-18-39-34(23)36-26(30)11-6-20-41-36/h1-21H. The van der Waals surface area contributed by atoms with Crippen LogP contribution >= 0.6 is 0 Å². The summed E-state index contributed by atoms with van der Waals surface area (Å²) in [5.74, 6) is 0. The molecular formula is C37H21N5. The molecular weight excluding hydrogens is 514 g/mol. The number of aromatic nitrogens is 5. The van der Waals surface area contributed by atoms with Crippen LogP contribution in [0.1, 0.15) is 0 Å². The van der Waals surface area contributed by atoms with Gasteiger partial charge in [0.25, 0.3) is 0 Å². The van der Waals surface area contributed by atoms with Gasteiger partial charge in [0, 0.05) is 68.2 Å². The molecule has 9 aromatic rings. The second-order valence-corrected chi connectivity index (χ2v) is 10.5. The van der Waals surface area contributed by atoms with Crippen molar-refractivity contribution in [3.05, 3.63) is 128 Å². The van der Waals surface area contributed by atoms with Gasteiger partial charge in [0.1, 0.15) is 0 Å². The molecule has 5 heterocycles. The van der Waals surface area contributed by atoms with E-state index in [1.165, 1.54) is 0 Å². The van der Waals surface area contributed by atoms with Crippen molar-refractivity contribution in [1.29, 1.82) is 0 Å². The number of para-hydroxylation sites is 1. The van der Waals surface area contributed by atoms with Crippen LogP contribution in [0.15, 0.2) is 128 Å². The summed E-state index contributed by atoms with van der Waals surface area (Å²) in [6, 6.07) is 35.7. The van der Waals surface area contributed by atoms with Gasteiger partial charge in [-0.3, -0.25) is 19.9 Å². The summed E-state index contributed by atoms with van der Waals surface area (Å²) in [5, 5.41) is 6.43. The first-order valence-electron chi connectivity index (χ1n) is 13.9. The highest BCUT2D eigenvalue weighted by atomic mass is 14.8. The fraction of sp³-hybridized carbons (Fsp3) is 0. The quantitative estimate of drug-likeness (QED) is 0.163. The van der Waals surface area contributed by atoms with Crippen LogP contribution in [0.3, 0.4) is 0 Å². The number of rotatable bonds is 2. The van der Waals surface area contributed by atoms with E-state index in [9.17, 15) is 0 Å². The maximum Gasteiger partial charge on any atom is 0.0978 e. The number of hydrogen-bond donors (Lipinski definition) is 0. The molecule has 0 radical (unpaired) electrons. The average molecular weight is 536 g/mol. The maximum atomic E-state index is 5.10. The molecule has 5 nitrogen and oxygen atoms in total. The first-order valence-corrected chi connectivity index (χ1v) is 13.9. The van der Waals surface area contributed by atoms with Crippen molar-refractivity contribution in [2.45, 2.75) is 0 Å². The predicted molar refractivity (Wildman–Crippen MR) is 171 cm³/mol. The molecule has 0 N–H and O–H groups in total. The lowest BCUT2D eigenvalue weighted by Gasteiger charge is -2.17. The number of nitrogens with zero attached hydrogens (tertiary/aromatic N) is 5. The highest BCUT2D eigenvalue weighted by molar-refractivity contribution is 6.20. The minimum atomic E-state index is 0.897. The van der Waals surface area contributed by atoms with Crippen LogP contribution in [0.2, 0.25) is 0 Å². The monoisotopic (exact) mass is 535 g/mol. The third kappa shape index (κ3) is 3.28. The SMILES string of the molecule is c1cnc2c(c1)cc(-c1ccc(-c3c4ccccc4nc4c3ccc3cccnc34)c3ncccc13)c1cccnc12. The Kier molecular flexibility index (Phi) is 4.83. The summed E-state index contributed by atoms with van der Waals surface area (Å²) < 4.78 is 0. The Morgan fingerprint density at radius 2 is 0.976 bits per heavy atom. The minimum absolute atomic E-state index is 0.897. The molecule has 0 aliphatic heterocycles. The molecule has 0 atom stereocenters. The largest absolute Gasteiger partial charge is 0.256 e. The van der Waals surface area contributed by atoms with E-state index < -0.39 is 0 Å². The molecule has 5 aromatic heterocycles. The Balaban J connectivity index is 1.40. The van der Waals surface area contributed by atoms with E-state index in [2.05, 4.69) is 77.8 Å². The smallest absolute Gasteiger partial charge is 0.0978 e. The maximum absolute atomic E-state index is 5.10. The van der Waals surface area contributed by atoms with Gasteiger partial charge < -0.3 is 0 Å². The fourth-order valence-electron chi connectivity index (χ4n) is 6.39. The van der Waals surface area contributed by atoms with Gasteiger partial charge in [-0.2, -0.15) is 0 Å². The molecule has 194 valence electrons. The van der Waals surface area contributed by atoms with Gasteiger partial charge in [-0.25, -0.2) is 4.98 Å². The molecule has 0 amide bonds. The van der Waals surface area contributed by atoms with Crippen LogP contribution in [0.5, 0.6) is 0 Å². The number of fused-ring (bicyclic) bond motifs is 8. The van der Waals surface area contributed by atoms with Crippen molar-refractivity contribution in [1.82, 2.24) is 24.9 Å². The van der Waals surface area contributed by atoms with Crippen LogP contribution in [0.4, 0.5) is 0 Å². The predicted octanol–water partition coefficient (Wildman–Crippen LogP) is 8.91. The number of hydrogen-bond acceptors (Lipinski definition) is 5. The van der Waals surface area contributed by atoms with Gasteiger partial charge in [0.2, 0.25) is 0 Å². The summed E-state index contributed by atoms with van der Waals surface area (Å²) in [6.45, 7) is 0. The van der Waals surface area contributed by atoms with Crippen LogP contribution in [0.25, 0.3) is 87.7 Å². The highest BCUT2D eigenvalue weighted by Crippen LogP contribution is 2.43. The molecule has 0 saturated carbocycles. The third-order valence-corrected chi connectivity index (χ3v) is 8.21. The first-order chi connectivity index (χ1) is 20.8. The van der Waals surface area contributed by atoms with E-state index in [4.69, 9.17) is 19.9 Å². The van der Waals surface area contributed by atoms with E-state index in [1.807, 2.05) is 55.1 Å². The molecule has 4 aromatic carbocycles. The summed E-state index contributed by atoms with van der Waals surface area (Å²) in [5.41, 5.74) is 9.90. The molecule has 5 heteroatoms. The average Bonchev–Trinajstić information content (AvgIpc) is 3.06. The van der Waals surface area contributed by atoms with E-state index in [-0.39, 0.29) is 0 Å². The van der Waals surface area contributed by atoms with E-state index in [0.29, 0.717) is 0 Å². The summed E-state index contributed by atoms with van der Waals surface area (Å²) >= 11 is 0. The van der Waals surface area contributed by atoms with Crippen LogP contribution in [-0.2, 0) is 0 Å². The van der Waals surface area contributed by atoms with E-state index in [0.717, 1.165) is 87.7 Å². The molecule has 0 aliphatic rings. The van der Waals surface area contributed by atoms with Gasteiger partial charge >= 0.3 is 0 Å². The van der Waals surface area contributed by atoms with Crippen molar-refractivity contribution in [3.8, 4) is 22.3 Å². The zero-order valence-electron chi connectivity index (χ0n) is 22.4. The van der Waals surface area contributed by atoms with E-state index in [1.54, 1.807) is 0 Å².